The van der Waals surface area contributed by atoms with Crippen LogP contribution in [0.3, 0.4) is 0 Å². The van der Waals surface area contributed by atoms with Crippen molar-refractivity contribution in [3.63, 3.8) is 0 Å². The average Bonchev–Trinajstić information content (AvgIpc) is 3.00. The summed E-state index contributed by atoms with van der Waals surface area (Å²) in [5.41, 5.74) is 2.74. The number of para-hydroxylation sites is 1. The van der Waals surface area contributed by atoms with Gasteiger partial charge in [0.2, 0.25) is 5.91 Å². The lowest BCUT2D eigenvalue weighted by molar-refractivity contribution is -0.131. The van der Waals surface area contributed by atoms with E-state index < -0.39 is 0 Å². The maximum atomic E-state index is 12.6. The molecule has 5 nitrogen and oxygen atoms in total. The van der Waals surface area contributed by atoms with Gasteiger partial charge in [0, 0.05) is 19.3 Å². The summed E-state index contributed by atoms with van der Waals surface area (Å²) in [6.45, 7) is 6.28. The lowest BCUT2D eigenvalue weighted by Crippen LogP contribution is -2.48. The summed E-state index contributed by atoms with van der Waals surface area (Å²) in [4.78, 5) is 12.6. The molecule has 0 saturated carbocycles. The van der Waals surface area contributed by atoms with Gasteiger partial charge in [-0.1, -0.05) is 18.2 Å². The molecule has 3 rings (SSSR count). The Morgan fingerprint density at radius 1 is 1.39 bits per heavy atom. The molecule has 0 unspecified atom stereocenters. The zero-order valence-electron chi connectivity index (χ0n) is 13.8. The SMILES string of the molecule is Cc1ccn(-c2ccccc2CNC(=O)[C@]2(C)CCCNC2)n1. The van der Waals surface area contributed by atoms with Crippen molar-refractivity contribution >= 4 is 5.91 Å². The van der Waals surface area contributed by atoms with Crippen LogP contribution in [0.5, 0.6) is 0 Å². The molecule has 1 aromatic heterocycles. The molecule has 1 saturated heterocycles. The third-order valence-corrected chi connectivity index (χ3v) is 4.55. The van der Waals surface area contributed by atoms with Crippen molar-refractivity contribution in [1.82, 2.24) is 20.4 Å². The van der Waals surface area contributed by atoms with E-state index in [2.05, 4.69) is 15.7 Å². The minimum atomic E-state index is -0.310. The van der Waals surface area contributed by atoms with Gasteiger partial charge in [0.1, 0.15) is 0 Å². The van der Waals surface area contributed by atoms with Crippen LogP contribution in [0, 0.1) is 12.3 Å². The number of nitrogens with zero attached hydrogens (tertiary/aromatic N) is 2. The van der Waals surface area contributed by atoms with E-state index in [-0.39, 0.29) is 11.3 Å². The fraction of sp³-hybridized carbons (Fsp3) is 0.444. The van der Waals surface area contributed by atoms with Gasteiger partial charge in [0.05, 0.1) is 16.8 Å². The van der Waals surface area contributed by atoms with Crippen LogP contribution in [-0.4, -0.2) is 28.8 Å². The first kappa shape index (κ1) is 15.7. The predicted octanol–water partition coefficient (Wildman–Crippen LogP) is 2.19. The predicted molar refractivity (Wildman–Crippen MR) is 90.4 cm³/mol. The molecule has 0 bridgehead atoms. The van der Waals surface area contributed by atoms with E-state index in [9.17, 15) is 4.79 Å². The highest BCUT2D eigenvalue weighted by atomic mass is 16.2. The van der Waals surface area contributed by atoms with Crippen LogP contribution in [0.15, 0.2) is 36.5 Å². The lowest BCUT2D eigenvalue weighted by atomic mass is 9.82. The number of rotatable bonds is 4. The topological polar surface area (TPSA) is 59.0 Å². The Bertz CT molecular complexity index is 686. The molecule has 122 valence electrons. The Kier molecular flexibility index (Phi) is 4.48. The van der Waals surface area contributed by atoms with Gasteiger partial charge in [-0.3, -0.25) is 4.79 Å². The molecule has 1 amide bonds. The summed E-state index contributed by atoms with van der Waals surface area (Å²) in [5.74, 6) is 0.121. The number of amides is 1. The first-order valence-corrected chi connectivity index (χ1v) is 8.18. The van der Waals surface area contributed by atoms with E-state index in [0.717, 1.165) is 42.9 Å². The molecule has 2 aromatic rings. The smallest absolute Gasteiger partial charge is 0.227 e. The maximum Gasteiger partial charge on any atom is 0.227 e. The number of carbonyl (C=O) groups is 1. The van der Waals surface area contributed by atoms with Crippen molar-refractivity contribution in [3.05, 3.63) is 47.8 Å². The van der Waals surface area contributed by atoms with E-state index in [4.69, 9.17) is 0 Å². The van der Waals surface area contributed by atoms with E-state index in [1.54, 1.807) is 0 Å². The highest BCUT2D eigenvalue weighted by molar-refractivity contribution is 5.82. The third kappa shape index (κ3) is 3.45. The molecule has 1 aliphatic heterocycles. The zero-order valence-corrected chi connectivity index (χ0v) is 13.8. The molecule has 1 fully saturated rings. The second kappa shape index (κ2) is 6.54. The molecule has 0 spiro atoms. The number of piperidine rings is 1. The van der Waals surface area contributed by atoms with E-state index >= 15 is 0 Å². The highest BCUT2D eigenvalue weighted by Gasteiger charge is 2.34. The van der Waals surface area contributed by atoms with Gasteiger partial charge in [0.25, 0.3) is 0 Å². The number of hydrogen-bond donors (Lipinski definition) is 2. The van der Waals surface area contributed by atoms with Crippen molar-refractivity contribution in [2.75, 3.05) is 13.1 Å². The molecule has 23 heavy (non-hydrogen) atoms. The van der Waals surface area contributed by atoms with Gasteiger partial charge in [-0.2, -0.15) is 5.10 Å². The second-order valence-corrected chi connectivity index (χ2v) is 6.55. The van der Waals surface area contributed by atoms with Gasteiger partial charge in [-0.15, -0.1) is 0 Å². The standard InChI is InChI=1S/C18H24N4O/c1-14-8-11-22(21-14)16-7-4-3-6-15(16)12-20-17(23)18(2)9-5-10-19-13-18/h3-4,6-8,11,19H,5,9-10,12-13H2,1-2H3,(H,20,23)/t18-/m1/s1. The molecular formula is C18H24N4O. The quantitative estimate of drug-likeness (QED) is 0.910. The first-order chi connectivity index (χ1) is 11.1. The molecule has 1 aromatic carbocycles. The van der Waals surface area contributed by atoms with Crippen molar-refractivity contribution < 1.29 is 4.79 Å². The zero-order chi connectivity index (χ0) is 16.3. The Hall–Kier alpha value is -2.14. The summed E-state index contributed by atoms with van der Waals surface area (Å²) >= 11 is 0. The van der Waals surface area contributed by atoms with Gasteiger partial charge < -0.3 is 10.6 Å². The minimum absolute atomic E-state index is 0.121. The van der Waals surface area contributed by atoms with Crippen molar-refractivity contribution in [1.29, 1.82) is 0 Å². The van der Waals surface area contributed by atoms with E-state index in [1.165, 1.54) is 0 Å². The molecule has 0 aliphatic carbocycles. The molecular weight excluding hydrogens is 288 g/mol. The second-order valence-electron chi connectivity index (χ2n) is 6.55. The number of benzene rings is 1. The Balaban J connectivity index is 1.72. The van der Waals surface area contributed by atoms with E-state index in [1.807, 2.05) is 55.1 Å². The van der Waals surface area contributed by atoms with Crippen LogP contribution in [0.25, 0.3) is 5.69 Å². The average molecular weight is 312 g/mol. The van der Waals surface area contributed by atoms with Crippen molar-refractivity contribution in [3.8, 4) is 5.69 Å². The summed E-state index contributed by atoms with van der Waals surface area (Å²) in [5, 5.41) is 10.9. The largest absolute Gasteiger partial charge is 0.351 e. The first-order valence-electron chi connectivity index (χ1n) is 8.18. The van der Waals surface area contributed by atoms with Gasteiger partial charge in [-0.05, 0) is 50.9 Å². The van der Waals surface area contributed by atoms with Crippen molar-refractivity contribution in [2.45, 2.75) is 33.2 Å². The summed E-state index contributed by atoms with van der Waals surface area (Å²) < 4.78 is 1.86. The molecule has 5 heteroatoms. The molecule has 0 radical (unpaired) electrons. The molecule has 1 atom stereocenters. The third-order valence-electron chi connectivity index (χ3n) is 4.55. The highest BCUT2D eigenvalue weighted by Crippen LogP contribution is 2.25. The number of aryl methyl sites for hydroxylation is 1. The Morgan fingerprint density at radius 2 is 2.22 bits per heavy atom. The summed E-state index contributed by atoms with van der Waals surface area (Å²) in [6.07, 6.45) is 3.93. The molecule has 2 heterocycles. The molecule has 2 N–H and O–H groups in total. The normalized spacial score (nSPS) is 21.1. The summed E-state index contributed by atoms with van der Waals surface area (Å²) in [6, 6.07) is 10.0. The van der Waals surface area contributed by atoms with Gasteiger partial charge in [0.15, 0.2) is 0 Å². The fourth-order valence-corrected chi connectivity index (χ4v) is 3.07. The van der Waals surface area contributed by atoms with Crippen LogP contribution < -0.4 is 10.6 Å². The van der Waals surface area contributed by atoms with Crippen molar-refractivity contribution in [2.24, 2.45) is 5.41 Å². The number of nitrogens with one attached hydrogen (secondary N) is 2. The number of carbonyl (C=O) groups excluding carboxylic acids is 1. The maximum absolute atomic E-state index is 12.6. The van der Waals surface area contributed by atoms with Gasteiger partial charge >= 0.3 is 0 Å². The van der Waals surface area contributed by atoms with Crippen LogP contribution >= 0.6 is 0 Å². The van der Waals surface area contributed by atoms with Crippen LogP contribution in [0.4, 0.5) is 0 Å². The van der Waals surface area contributed by atoms with E-state index in [0.29, 0.717) is 6.54 Å². The van der Waals surface area contributed by atoms with Crippen LogP contribution in [0.2, 0.25) is 0 Å². The number of aromatic nitrogens is 2. The number of hydrogen-bond acceptors (Lipinski definition) is 3. The minimum Gasteiger partial charge on any atom is -0.351 e. The summed E-state index contributed by atoms with van der Waals surface area (Å²) in [7, 11) is 0. The Labute approximate surface area is 137 Å². The van der Waals surface area contributed by atoms with Crippen LogP contribution in [0.1, 0.15) is 31.0 Å². The lowest BCUT2D eigenvalue weighted by Gasteiger charge is -2.32. The fourth-order valence-electron chi connectivity index (χ4n) is 3.07. The Morgan fingerprint density at radius 3 is 2.91 bits per heavy atom. The molecule has 1 aliphatic rings. The monoisotopic (exact) mass is 312 g/mol. The van der Waals surface area contributed by atoms with Gasteiger partial charge in [-0.25, -0.2) is 4.68 Å². The van der Waals surface area contributed by atoms with Crippen LogP contribution in [-0.2, 0) is 11.3 Å².